The van der Waals surface area contributed by atoms with Gasteiger partial charge < -0.3 is 19.4 Å². The van der Waals surface area contributed by atoms with Crippen LogP contribution in [-0.4, -0.2) is 56.3 Å². The van der Waals surface area contributed by atoms with Crippen molar-refractivity contribution < 1.29 is 19.3 Å². The summed E-state index contributed by atoms with van der Waals surface area (Å²) in [5.41, 5.74) is 1.90. The van der Waals surface area contributed by atoms with Gasteiger partial charge in [-0.05, 0) is 12.1 Å². The molecule has 8 heteroatoms. The summed E-state index contributed by atoms with van der Waals surface area (Å²) >= 11 is 0. The van der Waals surface area contributed by atoms with Crippen molar-refractivity contribution >= 4 is 32.9 Å². The molecule has 1 aromatic carbocycles. The minimum atomic E-state index is -0.156. The maximum absolute atomic E-state index is 11.6. The number of carbonyl (C=O) groups excluding carboxylic acids is 1. The number of quaternary nitrogens is 1. The van der Waals surface area contributed by atoms with E-state index < -0.39 is 0 Å². The van der Waals surface area contributed by atoms with Gasteiger partial charge in [-0.3, -0.25) is 0 Å². The summed E-state index contributed by atoms with van der Waals surface area (Å²) in [6, 6.07) is 7.83. The largest absolute Gasteiger partial charge is 0.393 e. The van der Waals surface area contributed by atoms with E-state index in [1.54, 1.807) is 6.34 Å². The van der Waals surface area contributed by atoms with Gasteiger partial charge in [-0.2, -0.15) is 0 Å². The molecule has 2 heterocycles. The number of benzene rings is 1. The minimum absolute atomic E-state index is 0.0698. The number of ether oxygens (including phenoxy) is 1. The molecule has 2 aliphatic heterocycles. The number of amides is 1. The normalized spacial score (nSPS) is 28.2. The van der Waals surface area contributed by atoms with E-state index in [1.165, 1.54) is 0 Å². The summed E-state index contributed by atoms with van der Waals surface area (Å²) in [4.78, 5) is 27.6. The molecule has 118 valence electrons. The molecule has 1 amide bonds. The third kappa shape index (κ3) is 2.98. The zero-order valence-electron chi connectivity index (χ0n) is 12.1. The maximum atomic E-state index is 11.6. The number of nitrogens with zero attached hydrogens (tertiary/aromatic N) is 3. The SMILES string of the molecule is O=C[N+]1(c2ccc(N3C=NOCC3)cc2)COC(CPO)C1. The Kier molecular flexibility index (Phi) is 4.69. The average molecular weight is 324 g/mol. The molecular formula is C14H19N3O4P+. The van der Waals surface area contributed by atoms with E-state index >= 15 is 0 Å². The molecule has 0 aromatic heterocycles. The van der Waals surface area contributed by atoms with Crippen LogP contribution in [0, 0.1) is 0 Å². The highest BCUT2D eigenvalue weighted by atomic mass is 31.1. The van der Waals surface area contributed by atoms with E-state index in [1.807, 2.05) is 29.2 Å². The minimum Gasteiger partial charge on any atom is -0.393 e. The summed E-state index contributed by atoms with van der Waals surface area (Å²) in [5, 5.41) is 3.79. The summed E-state index contributed by atoms with van der Waals surface area (Å²) < 4.78 is 5.79. The summed E-state index contributed by atoms with van der Waals surface area (Å²) in [7, 11) is -0.156. The fourth-order valence-electron chi connectivity index (χ4n) is 2.72. The fraction of sp³-hybridized carbons (Fsp3) is 0.429. The highest BCUT2D eigenvalue weighted by Gasteiger charge is 2.41. The van der Waals surface area contributed by atoms with Gasteiger partial charge in [-0.1, -0.05) is 5.16 Å². The molecule has 0 aliphatic carbocycles. The molecule has 3 rings (SSSR count). The van der Waals surface area contributed by atoms with Gasteiger partial charge in [0, 0.05) is 32.8 Å². The molecule has 1 aromatic rings. The molecule has 3 atom stereocenters. The molecule has 0 radical (unpaired) electrons. The molecule has 22 heavy (non-hydrogen) atoms. The fourth-order valence-corrected chi connectivity index (χ4v) is 3.17. The van der Waals surface area contributed by atoms with Gasteiger partial charge >= 0.3 is 6.41 Å². The van der Waals surface area contributed by atoms with Crippen molar-refractivity contribution in [3.8, 4) is 0 Å². The third-order valence-corrected chi connectivity index (χ3v) is 4.61. The number of carbonyl (C=O) groups is 1. The second kappa shape index (κ2) is 6.71. The Balaban J connectivity index is 1.77. The van der Waals surface area contributed by atoms with Crippen LogP contribution >= 0.6 is 8.81 Å². The van der Waals surface area contributed by atoms with Crippen LogP contribution in [-0.2, 0) is 14.4 Å². The highest BCUT2D eigenvalue weighted by Crippen LogP contribution is 2.30. The Morgan fingerprint density at radius 2 is 2.27 bits per heavy atom. The number of anilines is 1. The molecule has 2 aliphatic rings. The Morgan fingerprint density at radius 1 is 1.45 bits per heavy atom. The number of rotatable bonds is 5. The van der Waals surface area contributed by atoms with Gasteiger partial charge in [0.2, 0.25) is 0 Å². The van der Waals surface area contributed by atoms with Crippen LogP contribution in [0.5, 0.6) is 0 Å². The van der Waals surface area contributed by atoms with E-state index in [9.17, 15) is 4.79 Å². The van der Waals surface area contributed by atoms with Crippen molar-refractivity contribution in [1.29, 1.82) is 0 Å². The van der Waals surface area contributed by atoms with Crippen LogP contribution in [0.25, 0.3) is 0 Å². The first-order chi connectivity index (χ1) is 10.8. The zero-order chi connectivity index (χ0) is 15.4. The first kappa shape index (κ1) is 15.4. The summed E-state index contributed by atoms with van der Waals surface area (Å²) in [6.45, 7) is 2.19. The second-order valence-electron chi connectivity index (χ2n) is 5.37. The van der Waals surface area contributed by atoms with Crippen molar-refractivity contribution in [2.24, 2.45) is 5.16 Å². The van der Waals surface area contributed by atoms with Crippen molar-refractivity contribution in [3.05, 3.63) is 24.3 Å². The quantitative estimate of drug-likeness (QED) is 0.494. The van der Waals surface area contributed by atoms with E-state index in [0.717, 1.165) is 24.3 Å². The lowest BCUT2D eigenvalue weighted by Crippen LogP contribution is -2.46. The Bertz CT molecular complexity index is 554. The predicted molar refractivity (Wildman–Crippen MR) is 86.1 cm³/mol. The highest BCUT2D eigenvalue weighted by molar-refractivity contribution is 7.31. The van der Waals surface area contributed by atoms with Crippen molar-refractivity contribution in [3.63, 3.8) is 0 Å². The molecule has 7 nitrogen and oxygen atoms in total. The smallest absolute Gasteiger partial charge is 0.308 e. The van der Waals surface area contributed by atoms with Crippen LogP contribution in [0.3, 0.4) is 0 Å². The van der Waals surface area contributed by atoms with E-state index in [4.69, 9.17) is 14.5 Å². The zero-order valence-corrected chi connectivity index (χ0v) is 13.1. The van der Waals surface area contributed by atoms with Crippen LogP contribution in [0.2, 0.25) is 0 Å². The molecule has 0 saturated carbocycles. The molecule has 1 saturated heterocycles. The first-order valence-electron chi connectivity index (χ1n) is 7.12. The second-order valence-corrected chi connectivity index (χ2v) is 6.09. The molecule has 1 fully saturated rings. The van der Waals surface area contributed by atoms with Crippen LogP contribution in [0.1, 0.15) is 0 Å². The lowest BCUT2D eigenvalue weighted by molar-refractivity contribution is -0.117. The Hall–Kier alpha value is -1.53. The first-order valence-corrected chi connectivity index (χ1v) is 8.27. The van der Waals surface area contributed by atoms with Gasteiger partial charge in [-0.25, -0.2) is 9.28 Å². The predicted octanol–water partition coefficient (Wildman–Crippen LogP) is 0.872. The molecule has 3 unspecified atom stereocenters. The van der Waals surface area contributed by atoms with Crippen LogP contribution < -0.4 is 9.38 Å². The Labute approximate surface area is 130 Å². The molecule has 0 bridgehead atoms. The molecule has 1 N–H and O–H groups in total. The lowest BCUT2D eigenvalue weighted by Gasteiger charge is -2.26. The monoisotopic (exact) mass is 324 g/mol. The topological polar surface area (TPSA) is 71.4 Å². The molecule has 0 spiro atoms. The van der Waals surface area contributed by atoms with Crippen LogP contribution in [0.4, 0.5) is 11.4 Å². The van der Waals surface area contributed by atoms with E-state index in [2.05, 4.69) is 5.16 Å². The van der Waals surface area contributed by atoms with Gasteiger partial charge in [0.1, 0.15) is 31.3 Å². The van der Waals surface area contributed by atoms with Crippen molar-refractivity contribution in [1.82, 2.24) is 4.48 Å². The molecular weight excluding hydrogens is 305 g/mol. The van der Waals surface area contributed by atoms with Gasteiger partial charge in [0.25, 0.3) is 0 Å². The summed E-state index contributed by atoms with van der Waals surface area (Å²) in [5.74, 6) is 0. The van der Waals surface area contributed by atoms with Crippen molar-refractivity contribution in [2.75, 3.05) is 37.5 Å². The van der Waals surface area contributed by atoms with Crippen LogP contribution in [0.15, 0.2) is 29.4 Å². The number of oxime groups is 1. The van der Waals surface area contributed by atoms with Gasteiger partial charge in [0.05, 0.1) is 6.54 Å². The Morgan fingerprint density at radius 3 is 2.91 bits per heavy atom. The van der Waals surface area contributed by atoms with E-state index in [0.29, 0.717) is 26.0 Å². The van der Waals surface area contributed by atoms with Gasteiger partial charge in [-0.15, -0.1) is 0 Å². The van der Waals surface area contributed by atoms with Crippen molar-refractivity contribution in [2.45, 2.75) is 6.10 Å². The van der Waals surface area contributed by atoms with E-state index in [-0.39, 0.29) is 19.4 Å². The summed E-state index contributed by atoms with van der Waals surface area (Å²) in [6.07, 6.45) is 3.08. The lowest BCUT2D eigenvalue weighted by atomic mass is 10.2. The standard InChI is InChI=1S/C14H19N3O4P/c18-10-17(7-14(8-22-19)20-11-17)13-3-1-12(2-4-13)16-5-6-21-15-9-16/h1-4,9-10,14,19,22H,5-8,11H2/q+1. The third-order valence-electron chi connectivity index (χ3n) is 3.97. The number of hydrogen-bond acceptors (Lipinski definition) is 6. The van der Waals surface area contributed by atoms with Gasteiger partial charge in [0.15, 0.2) is 6.73 Å². The average Bonchev–Trinajstić information content (AvgIpc) is 3.01. The maximum Gasteiger partial charge on any atom is 0.308 e. The number of hydrogen-bond donors (Lipinski definition) is 1.